The van der Waals surface area contributed by atoms with E-state index in [9.17, 15) is 0 Å². The Morgan fingerprint density at radius 2 is 2.27 bits per heavy atom. The highest BCUT2D eigenvalue weighted by Crippen LogP contribution is 2.20. The first-order valence-corrected chi connectivity index (χ1v) is 6.25. The third-order valence-corrected chi connectivity index (χ3v) is 3.70. The molecule has 1 heterocycles. The van der Waals surface area contributed by atoms with E-state index in [0.717, 1.165) is 13.0 Å². The number of hydrogen-bond donors (Lipinski definition) is 1. The number of hydrogen-bond acceptors (Lipinski definition) is 2. The Hall–Kier alpha value is -0.340. The predicted molar refractivity (Wildman–Crippen MR) is 67.2 cm³/mol. The van der Waals surface area contributed by atoms with Crippen molar-refractivity contribution in [2.24, 2.45) is 0 Å². The lowest BCUT2D eigenvalue weighted by Gasteiger charge is -2.46. The molecule has 0 aliphatic carbocycles. The second kappa shape index (κ2) is 5.66. The van der Waals surface area contributed by atoms with Crippen molar-refractivity contribution in [3.8, 4) is 0 Å². The van der Waals surface area contributed by atoms with Crippen LogP contribution < -0.4 is 5.32 Å². The number of piperazine rings is 1. The van der Waals surface area contributed by atoms with Crippen LogP contribution in [0.3, 0.4) is 0 Å². The van der Waals surface area contributed by atoms with Gasteiger partial charge in [-0.3, -0.25) is 4.90 Å². The van der Waals surface area contributed by atoms with Gasteiger partial charge in [0.05, 0.1) is 0 Å². The van der Waals surface area contributed by atoms with Gasteiger partial charge in [0.1, 0.15) is 0 Å². The molecule has 2 unspecified atom stereocenters. The van der Waals surface area contributed by atoms with Crippen LogP contribution in [0.1, 0.15) is 40.0 Å². The lowest BCUT2D eigenvalue weighted by molar-refractivity contribution is 0.0838. The molecule has 2 atom stereocenters. The van der Waals surface area contributed by atoms with Crippen LogP contribution in [0.15, 0.2) is 12.7 Å². The Bertz CT molecular complexity index is 203. The molecule has 0 bridgehead atoms. The minimum Gasteiger partial charge on any atom is -0.309 e. The molecule has 0 spiro atoms. The molecule has 0 saturated carbocycles. The largest absolute Gasteiger partial charge is 0.309 e. The van der Waals surface area contributed by atoms with Gasteiger partial charge in [0.15, 0.2) is 0 Å². The minimum absolute atomic E-state index is 0.312. The summed E-state index contributed by atoms with van der Waals surface area (Å²) < 4.78 is 0. The minimum atomic E-state index is 0.312. The van der Waals surface area contributed by atoms with Crippen molar-refractivity contribution in [2.75, 3.05) is 19.6 Å². The summed E-state index contributed by atoms with van der Waals surface area (Å²) in [6.45, 7) is 14.2. The zero-order valence-electron chi connectivity index (χ0n) is 10.6. The van der Waals surface area contributed by atoms with Crippen molar-refractivity contribution < 1.29 is 0 Å². The monoisotopic (exact) mass is 210 g/mol. The highest BCUT2D eigenvalue weighted by atomic mass is 15.2. The van der Waals surface area contributed by atoms with E-state index in [4.69, 9.17) is 0 Å². The smallest absolute Gasteiger partial charge is 0.0278 e. The summed E-state index contributed by atoms with van der Waals surface area (Å²) in [5.74, 6) is 0. The summed E-state index contributed by atoms with van der Waals surface area (Å²) in [5.41, 5.74) is 0.312. The molecule has 0 aromatic rings. The summed E-state index contributed by atoms with van der Waals surface area (Å²) in [6, 6.07) is 0.713. The third-order valence-electron chi connectivity index (χ3n) is 3.70. The van der Waals surface area contributed by atoms with Gasteiger partial charge in [-0.1, -0.05) is 19.9 Å². The maximum Gasteiger partial charge on any atom is 0.0278 e. The molecule has 1 fully saturated rings. The van der Waals surface area contributed by atoms with E-state index >= 15 is 0 Å². The quantitative estimate of drug-likeness (QED) is 0.701. The van der Waals surface area contributed by atoms with Crippen LogP contribution in [0.5, 0.6) is 0 Å². The van der Waals surface area contributed by atoms with E-state index in [1.165, 1.54) is 25.9 Å². The number of nitrogens with zero attached hydrogens (tertiary/aromatic N) is 1. The average molecular weight is 210 g/mol. The first-order chi connectivity index (χ1) is 7.15. The Labute approximate surface area is 94.7 Å². The average Bonchev–Trinajstić information content (AvgIpc) is 2.26. The van der Waals surface area contributed by atoms with E-state index < -0.39 is 0 Å². The lowest BCUT2D eigenvalue weighted by atomic mass is 9.92. The van der Waals surface area contributed by atoms with Crippen molar-refractivity contribution in [1.29, 1.82) is 0 Å². The molecule has 88 valence electrons. The summed E-state index contributed by atoms with van der Waals surface area (Å²) in [7, 11) is 0. The summed E-state index contributed by atoms with van der Waals surface area (Å²) in [6.07, 6.45) is 5.58. The van der Waals surface area contributed by atoms with Gasteiger partial charge >= 0.3 is 0 Å². The van der Waals surface area contributed by atoms with Crippen LogP contribution >= 0.6 is 0 Å². The molecule has 0 radical (unpaired) electrons. The van der Waals surface area contributed by atoms with Crippen LogP contribution in [0.4, 0.5) is 0 Å². The lowest BCUT2D eigenvalue weighted by Crippen LogP contribution is -2.62. The molecule has 0 aromatic heterocycles. The summed E-state index contributed by atoms with van der Waals surface area (Å²) in [5, 5.41) is 3.69. The van der Waals surface area contributed by atoms with Crippen LogP contribution in [-0.4, -0.2) is 36.1 Å². The molecule has 0 amide bonds. The van der Waals surface area contributed by atoms with Crippen molar-refractivity contribution in [3.05, 3.63) is 12.7 Å². The van der Waals surface area contributed by atoms with Gasteiger partial charge in [-0.25, -0.2) is 0 Å². The van der Waals surface area contributed by atoms with E-state index in [1.54, 1.807) is 0 Å². The van der Waals surface area contributed by atoms with Crippen LogP contribution in [0.2, 0.25) is 0 Å². The SMILES string of the molecule is C=CCCN1CC(C)(CC)NCC1CC. The Balaban J connectivity index is 2.56. The second-order valence-corrected chi connectivity index (χ2v) is 4.91. The molecule has 1 rings (SSSR count). The summed E-state index contributed by atoms with van der Waals surface area (Å²) >= 11 is 0. The second-order valence-electron chi connectivity index (χ2n) is 4.91. The topological polar surface area (TPSA) is 15.3 Å². The van der Waals surface area contributed by atoms with Crippen LogP contribution in [0.25, 0.3) is 0 Å². The highest BCUT2D eigenvalue weighted by Gasteiger charge is 2.32. The number of rotatable bonds is 5. The molecule has 0 aromatic carbocycles. The molecule has 1 N–H and O–H groups in total. The maximum absolute atomic E-state index is 3.81. The first-order valence-electron chi connectivity index (χ1n) is 6.25. The fourth-order valence-electron chi connectivity index (χ4n) is 2.28. The Morgan fingerprint density at radius 3 is 2.80 bits per heavy atom. The predicted octanol–water partition coefficient (Wildman–Crippen LogP) is 2.42. The van der Waals surface area contributed by atoms with Crippen molar-refractivity contribution in [3.63, 3.8) is 0 Å². The zero-order chi connectivity index (χ0) is 11.3. The molecule has 2 nitrogen and oxygen atoms in total. The van der Waals surface area contributed by atoms with Crippen molar-refractivity contribution in [1.82, 2.24) is 10.2 Å². The van der Waals surface area contributed by atoms with Gasteiger partial charge in [-0.2, -0.15) is 0 Å². The zero-order valence-corrected chi connectivity index (χ0v) is 10.6. The van der Waals surface area contributed by atoms with Crippen LogP contribution in [-0.2, 0) is 0 Å². The Kier molecular flexibility index (Phi) is 4.81. The van der Waals surface area contributed by atoms with E-state index in [-0.39, 0.29) is 0 Å². The molecular formula is C13H26N2. The molecule has 2 heteroatoms. The standard InChI is InChI=1S/C13H26N2/c1-5-8-9-15-11-13(4,7-3)14-10-12(15)6-2/h5,12,14H,1,6-11H2,2-4H3. The van der Waals surface area contributed by atoms with Crippen molar-refractivity contribution in [2.45, 2.75) is 51.6 Å². The first kappa shape index (κ1) is 12.7. The molecule has 1 aliphatic rings. The fourth-order valence-corrected chi connectivity index (χ4v) is 2.28. The van der Waals surface area contributed by atoms with E-state index in [2.05, 4.69) is 37.6 Å². The molecule has 1 saturated heterocycles. The maximum atomic E-state index is 3.81. The third kappa shape index (κ3) is 3.32. The number of nitrogens with one attached hydrogen (secondary N) is 1. The van der Waals surface area contributed by atoms with Gasteiger partial charge in [0.25, 0.3) is 0 Å². The molecular weight excluding hydrogens is 184 g/mol. The fraction of sp³-hybridized carbons (Fsp3) is 0.846. The summed E-state index contributed by atoms with van der Waals surface area (Å²) in [4.78, 5) is 2.63. The molecule has 15 heavy (non-hydrogen) atoms. The molecule has 1 aliphatic heterocycles. The normalized spacial score (nSPS) is 32.9. The van der Waals surface area contributed by atoms with E-state index in [1.807, 2.05) is 6.08 Å². The van der Waals surface area contributed by atoms with Crippen molar-refractivity contribution >= 4 is 0 Å². The Morgan fingerprint density at radius 1 is 1.53 bits per heavy atom. The van der Waals surface area contributed by atoms with Gasteiger partial charge in [-0.15, -0.1) is 6.58 Å². The highest BCUT2D eigenvalue weighted by molar-refractivity contribution is 4.94. The van der Waals surface area contributed by atoms with Gasteiger partial charge in [0, 0.05) is 31.2 Å². The van der Waals surface area contributed by atoms with Gasteiger partial charge in [0.2, 0.25) is 0 Å². The van der Waals surface area contributed by atoms with Crippen LogP contribution in [0, 0.1) is 0 Å². The van der Waals surface area contributed by atoms with Gasteiger partial charge < -0.3 is 5.32 Å². The van der Waals surface area contributed by atoms with E-state index in [0.29, 0.717) is 11.6 Å². The van der Waals surface area contributed by atoms with Gasteiger partial charge in [-0.05, 0) is 26.2 Å².